The van der Waals surface area contributed by atoms with Crippen molar-refractivity contribution < 1.29 is 13.9 Å². The van der Waals surface area contributed by atoms with Gasteiger partial charge in [-0.05, 0) is 18.6 Å². The summed E-state index contributed by atoms with van der Waals surface area (Å²) < 4.78 is 18.1. The van der Waals surface area contributed by atoms with Gasteiger partial charge in [-0.25, -0.2) is 4.39 Å². The molecule has 21 heavy (non-hydrogen) atoms. The maximum absolute atomic E-state index is 12.9. The lowest BCUT2D eigenvalue weighted by molar-refractivity contribution is -0.135. The first-order valence-electron chi connectivity index (χ1n) is 7.41. The molecule has 1 aromatic rings. The molecule has 0 aliphatic carbocycles. The highest BCUT2D eigenvalue weighted by Crippen LogP contribution is 2.14. The summed E-state index contributed by atoms with van der Waals surface area (Å²) in [6.45, 7) is 5.22. The van der Waals surface area contributed by atoms with Gasteiger partial charge in [0, 0.05) is 32.1 Å². The number of morpholine rings is 1. The number of hydrogen-bond acceptors (Lipinski definition) is 4. The predicted octanol–water partition coefficient (Wildman–Crippen LogP) is 1.51. The summed E-state index contributed by atoms with van der Waals surface area (Å²) in [7, 11) is 0. The largest absolute Gasteiger partial charge is 0.378 e. The average Bonchev–Trinajstić information content (AvgIpc) is 2.53. The summed E-state index contributed by atoms with van der Waals surface area (Å²) in [5.41, 5.74) is 0.803. The van der Waals surface area contributed by atoms with Crippen molar-refractivity contribution in [3.63, 3.8) is 0 Å². The number of halogens is 1. The number of pyridine rings is 1. The Hall–Kier alpha value is -1.53. The van der Waals surface area contributed by atoms with Gasteiger partial charge in [0.2, 0.25) is 5.91 Å². The van der Waals surface area contributed by atoms with Gasteiger partial charge in [0.1, 0.15) is 5.82 Å². The first-order chi connectivity index (χ1) is 10.2. The minimum atomic E-state index is -0.337. The second-order valence-corrected chi connectivity index (χ2v) is 5.06. The molecule has 1 fully saturated rings. The molecule has 2 heterocycles. The fourth-order valence-corrected chi connectivity index (χ4v) is 2.38. The molecule has 0 aromatic carbocycles. The lowest BCUT2D eigenvalue weighted by atomic mass is 10.1. The second-order valence-electron chi connectivity index (χ2n) is 5.06. The molecule has 2 rings (SSSR count). The second kappa shape index (κ2) is 8.05. The molecule has 1 aliphatic rings. The Morgan fingerprint density at radius 1 is 1.48 bits per heavy atom. The lowest BCUT2D eigenvalue weighted by Gasteiger charge is -2.27. The van der Waals surface area contributed by atoms with Crippen LogP contribution in [0.5, 0.6) is 0 Å². The van der Waals surface area contributed by atoms with Crippen LogP contribution in [0.4, 0.5) is 4.39 Å². The number of carbonyl (C=O) groups excluding carboxylic acids is 1. The van der Waals surface area contributed by atoms with E-state index in [1.54, 1.807) is 6.07 Å². The van der Waals surface area contributed by atoms with Gasteiger partial charge < -0.3 is 15.0 Å². The molecule has 0 bridgehead atoms. The highest BCUT2D eigenvalue weighted by molar-refractivity contribution is 5.76. The van der Waals surface area contributed by atoms with Crippen molar-refractivity contribution in [2.45, 2.75) is 25.8 Å². The molecule has 1 atom stereocenters. The molecule has 5 nitrogen and oxygen atoms in total. The Morgan fingerprint density at radius 3 is 2.86 bits per heavy atom. The summed E-state index contributed by atoms with van der Waals surface area (Å²) in [5.74, 6) is -0.191. The average molecular weight is 295 g/mol. The van der Waals surface area contributed by atoms with Gasteiger partial charge in [0.05, 0.1) is 25.1 Å². The normalized spacial score (nSPS) is 16.8. The van der Waals surface area contributed by atoms with Crippen LogP contribution in [-0.2, 0) is 9.53 Å². The Kier molecular flexibility index (Phi) is 6.07. The van der Waals surface area contributed by atoms with Gasteiger partial charge in [0.25, 0.3) is 0 Å². The number of rotatable bonds is 6. The smallest absolute Gasteiger partial charge is 0.224 e. The molecule has 1 unspecified atom stereocenters. The standard InChI is InChI=1S/C15H22FN3O2/c1-2-13(14-4-3-12(16)11-18-14)17-6-5-15(20)19-7-9-21-10-8-19/h3-4,11,13,17H,2,5-10H2,1H3. The van der Waals surface area contributed by atoms with Crippen molar-refractivity contribution in [1.29, 1.82) is 0 Å². The van der Waals surface area contributed by atoms with Crippen molar-refractivity contribution in [1.82, 2.24) is 15.2 Å². The molecule has 0 spiro atoms. The predicted molar refractivity (Wildman–Crippen MR) is 77.2 cm³/mol. The molecule has 0 saturated carbocycles. The van der Waals surface area contributed by atoms with E-state index in [1.807, 2.05) is 11.8 Å². The minimum Gasteiger partial charge on any atom is -0.378 e. The first-order valence-corrected chi connectivity index (χ1v) is 7.41. The number of carbonyl (C=O) groups is 1. The SMILES string of the molecule is CCC(NCCC(=O)N1CCOCC1)c1ccc(F)cn1. The Balaban J connectivity index is 1.77. The van der Waals surface area contributed by atoms with E-state index in [9.17, 15) is 9.18 Å². The highest BCUT2D eigenvalue weighted by Gasteiger charge is 2.17. The van der Waals surface area contributed by atoms with Gasteiger partial charge in [-0.3, -0.25) is 9.78 Å². The summed E-state index contributed by atoms with van der Waals surface area (Å²) in [6, 6.07) is 3.13. The lowest BCUT2D eigenvalue weighted by Crippen LogP contribution is -2.41. The van der Waals surface area contributed by atoms with Gasteiger partial charge >= 0.3 is 0 Å². The molecule has 1 N–H and O–H groups in total. The van der Waals surface area contributed by atoms with Gasteiger partial charge in [0.15, 0.2) is 0 Å². The highest BCUT2D eigenvalue weighted by atomic mass is 19.1. The van der Waals surface area contributed by atoms with Crippen LogP contribution in [0.15, 0.2) is 18.3 Å². The van der Waals surface area contributed by atoms with Crippen LogP contribution in [0, 0.1) is 5.82 Å². The van der Waals surface area contributed by atoms with Crippen LogP contribution in [0.1, 0.15) is 31.5 Å². The molecule has 1 aliphatic heterocycles. The van der Waals surface area contributed by atoms with Crippen LogP contribution in [0.2, 0.25) is 0 Å². The summed E-state index contributed by atoms with van der Waals surface area (Å²) in [4.78, 5) is 17.9. The fourth-order valence-electron chi connectivity index (χ4n) is 2.38. The van der Waals surface area contributed by atoms with E-state index in [1.165, 1.54) is 12.3 Å². The van der Waals surface area contributed by atoms with Gasteiger partial charge in [-0.1, -0.05) is 6.92 Å². The minimum absolute atomic E-state index is 0.0445. The molecule has 6 heteroatoms. The molecule has 0 radical (unpaired) electrons. The van der Waals surface area contributed by atoms with Crippen molar-refractivity contribution in [3.05, 3.63) is 29.8 Å². The zero-order valence-corrected chi connectivity index (χ0v) is 12.3. The summed E-state index contributed by atoms with van der Waals surface area (Å²) >= 11 is 0. The maximum atomic E-state index is 12.9. The molecular weight excluding hydrogens is 273 g/mol. The van der Waals surface area contributed by atoms with Crippen molar-refractivity contribution in [3.8, 4) is 0 Å². The Morgan fingerprint density at radius 2 is 2.24 bits per heavy atom. The van der Waals surface area contributed by atoms with Crippen molar-refractivity contribution in [2.24, 2.45) is 0 Å². The maximum Gasteiger partial charge on any atom is 0.224 e. The number of nitrogens with zero attached hydrogens (tertiary/aromatic N) is 2. The molecular formula is C15H22FN3O2. The number of ether oxygens (including phenoxy) is 1. The topological polar surface area (TPSA) is 54.5 Å². The molecule has 116 valence electrons. The van der Waals surface area contributed by atoms with Crippen LogP contribution >= 0.6 is 0 Å². The van der Waals surface area contributed by atoms with E-state index in [2.05, 4.69) is 10.3 Å². The quantitative estimate of drug-likeness (QED) is 0.864. The van der Waals surface area contributed by atoms with Gasteiger partial charge in [-0.2, -0.15) is 0 Å². The summed E-state index contributed by atoms with van der Waals surface area (Å²) in [6.07, 6.45) is 2.51. The van der Waals surface area contributed by atoms with Crippen molar-refractivity contribution in [2.75, 3.05) is 32.8 Å². The monoisotopic (exact) mass is 295 g/mol. The Bertz CT molecular complexity index is 447. The Labute approximate surface area is 124 Å². The number of hydrogen-bond donors (Lipinski definition) is 1. The van der Waals surface area contributed by atoms with E-state index in [0.29, 0.717) is 39.3 Å². The van der Waals surface area contributed by atoms with Crippen LogP contribution in [0.25, 0.3) is 0 Å². The molecule has 1 amide bonds. The van der Waals surface area contributed by atoms with E-state index in [0.717, 1.165) is 12.1 Å². The molecule has 1 aromatic heterocycles. The van der Waals surface area contributed by atoms with E-state index in [-0.39, 0.29) is 17.8 Å². The number of nitrogens with one attached hydrogen (secondary N) is 1. The van der Waals surface area contributed by atoms with E-state index < -0.39 is 0 Å². The van der Waals surface area contributed by atoms with Crippen LogP contribution in [-0.4, -0.2) is 48.6 Å². The first kappa shape index (κ1) is 15.9. The third kappa shape index (κ3) is 4.75. The van der Waals surface area contributed by atoms with Crippen molar-refractivity contribution >= 4 is 5.91 Å². The zero-order chi connectivity index (χ0) is 15.1. The fraction of sp³-hybridized carbons (Fsp3) is 0.600. The molecule has 1 saturated heterocycles. The van der Waals surface area contributed by atoms with Crippen LogP contribution < -0.4 is 5.32 Å². The van der Waals surface area contributed by atoms with Crippen LogP contribution in [0.3, 0.4) is 0 Å². The third-order valence-corrected chi connectivity index (χ3v) is 3.61. The number of amides is 1. The van der Waals surface area contributed by atoms with Gasteiger partial charge in [-0.15, -0.1) is 0 Å². The third-order valence-electron chi connectivity index (χ3n) is 3.61. The van der Waals surface area contributed by atoms with E-state index >= 15 is 0 Å². The summed E-state index contributed by atoms with van der Waals surface area (Å²) in [5, 5.41) is 3.31. The number of aromatic nitrogens is 1. The van der Waals surface area contributed by atoms with E-state index in [4.69, 9.17) is 4.74 Å². The zero-order valence-electron chi connectivity index (χ0n) is 12.3.